The number of nitrogens with one attached hydrogen (secondary N) is 1. The van der Waals surface area contributed by atoms with Gasteiger partial charge in [-0.25, -0.2) is 0 Å². The molecule has 25 heavy (non-hydrogen) atoms. The van der Waals surface area contributed by atoms with Crippen LogP contribution in [-0.4, -0.2) is 19.1 Å². The van der Waals surface area contributed by atoms with Crippen molar-refractivity contribution in [1.29, 1.82) is 0 Å². The van der Waals surface area contributed by atoms with E-state index in [0.29, 0.717) is 0 Å². The summed E-state index contributed by atoms with van der Waals surface area (Å²) in [5.41, 5.74) is 3.18. The van der Waals surface area contributed by atoms with Crippen molar-refractivity contribution >= 4 is 5.91 Å². The summed E-state index contributed by atoms with van der Waals surface area (Å²) in [6.45, 7) is 7.81. The third-order valence-electron chi connectivity index (χ3n) is 4.26. The lowest BCUT2D eigenvalue weighted by Gasteiger charge is -2.22. The van der Waals surface area contributed by atoms with Crippen LogP contribution in [-0.2, 0) is 4.79 Å². The Hall–Kier alpha value is -2.49. The molecule has 0 aliphatic rings. The molecule has 0 saturated carbocycles. The molecule has 2 aromatic carbocycles. The van der Waals surface area contributed by atoms with Gasteiger partial charge in [-0.05, 0) is 62.1 Å². The molecule has 0 fully saturated rings. The lowest BCUT2D eigenvalue weighted by Crippen LogP contribution is -2.38. The van der Waals surface area contributed by atoms with Crippen LogP contribution in [0.15, 0.2) is 42.5 Å². The number of hydrogen-bond donors (Lipinski definition) is 1. The molecule has 0 spiro atoms. The molecule has 4 heteroatoms. The first-order chi connectivity index (χ1) is 11.9. The van der Waals surface area contributed by atoms with Crippen LogP contribution in [0.5, 0.6) is 11.5 Å². The Morgan fingerprint density at radius 1 is 1.12 bits per heavy atom. The molecule has 0 aliphatic carbocycles. The standard InChI is InChI=1S/C21H27NO3/c1-6-19(17-9-11-18(24-5)12-10-17)22-21(23)16(4)25-20-13-14(2)7-8-15(20)3/h7-13,16,19H,6H2,1-5H3,(H,22,23)/t16-,19+/m1/s1. The molecule has 0 saturated heterocycles. The van der Waals surface area contributed by atoms with Gasteiger partial charge in [-0.3, -0.25) is 4.79 Å². The predicted molar refractivity (Wildman–Crippen MR) is 100 cm³/mol. The summed E-state index contributed by atoms with van der Waals surface area (Å²) in [6, 6.07) is 13.7. The highest BCUT2D eigenvalue weighted by atomic mass is 16.5. The van der Waals surface area contributed by atoms with Crippen LogP contribution in [0.25, 0.3) is 0 Å². The Balaban J connectivity index is 2.03. The van der Waals surface area contributed by atoms with Crippen LogP contribution in [0.1, 0.15) is 43.0 Å². The summed E-state index contributed by atoms with van der Waals surface area (Å²) < 4.78 is 11.1. The van der Waals surface area contributed by atoms with E-state index in [2.05, 4.69) is 5.32 Å². The van der Waals surface area contributed by atoms with Gasteiger partial charge in [0.05, 0.1) is 13.2 Å². The number of carbonyl (C=O) groups is 1. The maximum atomic E-state index is 12.5. The molecule has 4 nitrogen and oxygen atoms in total. The van der Waals surface area contributed by atoms with E-state index in [4.69, 9.17) is 9.47 Å². The smallest absolute Gasteiger partial charge is 0.261 e. The minimum Gasteiger partial charge on any atom is -0.497 e. The first-order valence-corrected chi connectivity index (χ1v) is 8.62. The highest BCUT2D eigenvalue weighted by Gasteiger charge is 2.20. The third kappa shape index (κ3) is 4.99. The number of rotatable bonds is 7. The number of aryl methyl sites for hydroxylation is 2. The van der Waals surface area contributed by atoms with Gasteiger partial charge in [0, 0.05) is 0 Å². The molecule has 0 aliphatic heterocycles. The molecule has 1 N–H and O–H groups in total. The second-order valence-corrected chi connectivity index (χ2v) is 6.27. The van der Waals surface area contributed by atoms with Crippen molar-refractivity contribution in [1.82, 2.24) is 5.32 Å². The fourth-order valence-corrected chi connectivity index (χ4v) is 2.62. The van der Waals surface area contributed by atoms with Crippen LogP contribution in [0.3, 0.4) is 0 Å². The molecule has 0 radical (unpaired) electrons. The zero-order valence-corrected chi connectivity index (χ0v) is 15.6. The molecular weight excluding hydrogens is 314 g/mol. The number of amides is 1. The maximum absolute atomic E-state index is 12.5. The molecule has 2 atom stereocenters. The minimum atomic E-state index is -0.562. The SMILES string of the molecule is CC[C@H](NC(=O)[C@@H](C)Oc1cc(C)ccc1C)c1ccc(OC)cc1. The van der Waals surface area contributed by atoms with Crippen LogP contribution in [0, 0.1) is 13.8 Å². The van der Waals surface area contributed by atoms with E-state index in [9.17, 15) is 4.79 Å². The highest BCUT2D eigenvalue weighted by Crippen LogP contribution is 2.22. The van der Waals surface area contributed by atoms with Crippen molar-refractivity contribution in [2.75, 3.05) is 7.11 Å². The van der Waals surface area contributed by atoms with Crippen LogP contribution >= 0.6 is 0 Å². The monoisotopic (exact) mass is 341 g/mol. The highest BCUT2D eigenvalue weighted by molar-refractivity contribution is 5.81. The van der Waals surface area contributed by atoms with E-state index in [1.165, 1.54) is 0 Å². The van der Waals surface area contributed by atoms with E-state index >= 15 is 0 Å². The molecule has 1 amide bonds. The van der Waals surface area contributed by atoms with Gasteiger partial charge in [0.1, 0.15) is 11.5 Å². The van der Waals surface area contributed by atoms with E-state index in [1.54, 1.807) is 14.0 Å². The lowest BCUT2D eigenvalue weighted by molar-refractivity contribution is -0.128. The van der Waals surface area contributed by atoms with E-state index in [0.717, 1.165) is 34.6 Å². The van der Waals surface area contributed by atoms with Crippen molar-refractivity contribution < 1.29 is 14.3 Å². The Morgan fingerprint density at radius 3 is 2.40 bits per heavy atom. The van der Waals surface area contributed by atoms with Crippen molar-refractivity contribution in [3.05, 3.63) is 59.2 Å². The number of carbonyl (C=O) groups excluding carboxylic acids is 1. The summed E-state index contributed by atoms with van der Waals surface area (Å²) in [5, 5.41) is 3.07. The minimum absolute atomic E-state index is 0.0527. The van der Waals surface area contributed by atoms with Gasteiger partial charge in [0.2, 0.25) is 0 Å². The Bertz CT molecular complexity index is 710. The summed E-state index contributed by atoms with van der Waals surface area (Å²) >= 11 is 0. The molecule has 0 bridgehead atoms. The molecule has 0 heterocycles. The summed E-state index contributed by atoms with van der Waals surface area (Å²) in [7, 11) is 1.64. The van der Waals surface area contributed by atoms with Gasteiger partial charge < -0.3 is 14.8 Å². The number of ether oxygens (including phenoxy) is 2. The number of benzene rings is 2. The van der Waals surface area contributed by atoms with Gasteiger partial charge in [0.25, 0.3) is 5.91 Å². The summed E-state index contributed by atoms with van der Waals surface area (Å²) in [5.74, 6) is 1.43. The van der Waals surface area contributed by atoms with Crippen LogP contribution < -0.4 is 14.8 Å². The van der Waals surface area contributed by atoms with Crippen molar-refractivity contribution in [3.8, 4) is 11.5 Å². The van der Waals surface area contributed by atoms with E-state index in [-0.39, 0.29) is 11.9 Å². The van der Waals surface area contributed by atoms with Gasteiger partial charge >= 0.3 is 0 Å². The summed E-state index contributed by atoms with van der Waals surface area (Å²) in [4.78, 5) is 12.5. The molecule has 0 unspecified atom stereocenters. The fourth-order valence-electron chi connectivity index (χ4n) is 2.62. The molecule has 0 aromatic heterocycles. The largest absolute Gasteiger partial charge is 0.497 e. The lowest BCUT2D eigenvalue weighted by atomic mass is 10.0. The summed E-state index contributed by atoms with van der Waals surface area (Å²) in [6.07, 6.45) is 0.238. The van der Waals surface area contributed by atoms with Crippen molar-refractivity contribution in [3.63, 3.8) is 0 Å². The first kappa shape index (κ1) is 18.8. The van der Waals surface area contributed by atoms with Gasteiger partial charge in [-0.15, -0.1) is 0 Å². The third-order valence-corrected chi connectivity index (χ3v) is 4.26. The van der Waals surface area contributed by atoms with Gasteiger partial charge in [-0.2, -0.15) is 0 Å². The quantitative estimate of drug-likeness (QED) is 0.814. The Morgan fingerprint density at radius 2 is 1.80 bits per heavy atom. The zero-order chi connectivity index (χ0) is 18.4. The second kappa shape index (κ2) is 8.56. The molecular formula is C21H27NO3. The zero-order valence-electron chi connectivity index (χ0n) is 15.6. The van der Waals surface area contributed by atoms with E-state index < -0.39 is 6.10 Å². The van der Waals surface area contributed by atoms with Crippen molar-refractivity contribution in [2.24, 2.45) is 0 Å². The van der Waals surface area contributed by atoms with Gasteiger partial charge in [0.15, 0.2) is 6.10 Å². The average Bonchev–Trinajstić information content (AvgIpc) is 2.62. The Kier molecular flexibility index (Phi) is 6.45. The van der Waals surface area contributed by atoms with Crippen LogP contribution in [0.2, 0.25) is 0 Å². The Labute approximate surface area is 150 Å². The number of hydrogen-bond acceptors (Lipinski definition) is 3. The fraction of sp³-hybridized carbons (Fsp3) is 0.381. The number of methoxy groups -OCH3 is 1. The molecule has 134 valence electrons. The van der Waals surface area contributed by atoms with Crippen LogP contribution in [0.4, 0.5) is 0 Å². The second-order valence-electron chi connectivity index (χ2n) is 6.27. The maximum Gasteiger partial charge on any atom is 0.261 e. The van der Waals surface area contributed by atoms with Crippen molar-refractivity contribution in [2.45, 2.75) is 46.3 Å². The predicted octanol–water partition coefficient (Wildman–Crippen LogP) is 4.35. The topological polar surface area (TPSA) is 47.6 Å². The normalized spacial score (nSPS) is 13.0. The molecule has 2 aromatic rings. The van der Waals surface area contributed by atoms with E-state index in [1.807, 2.05) is 63.2 Å². The van der Waals surface area contributed by atoms with Gasteiger partial charge in [-0.1, -0.05) is 31.2 Å². The molecule has 2 rings (SSSR count). The first-order valence-electron chi connectivity index (χ1n) is 8.62. The average molecular weight is 341 g/mol.